The number of rotatable bonds is 39. The summed E-state index contributed by atoms with van der Waals surface area (Å²) in [6, 6.07) is 49.6. The molecule has 1 atom stereocenters. The quantitative estimate of drug-likeness (QED) is 0.0188. The average Bonchev–Trinajstić information content (AvgIpc) is 1.68. The molecule has 28 nitrogen and oxygen atoms in total. The van der Waals surface area contributed by atoms with E-state index in [1.54, 1.807) is 92.7 Å². The van der Waals surface area contributed by atoms with E-state index in [-0.39, 0.29) is 52.9 Å². The maximum atomic E-state index is 13.2. The molecule has 0 saturated carbocycles. The minimum Gasteiger partial charge on any atom is -0.478 e. The molecule has 10 heterocycles. The summed E-state index contributed by atoms with van der Waals surface area (Å²) in [5.41, 5.74) is 16.9. The van der Waals surface area contributed by atoms with Gasteiger partial charge in [-0.1, -0.05) is 107 Å². The zero-order valence-corrected chi connectivity index (χ0v) is 78.8. The highest BCUT2D eigenvalue weighted by atomic mass is 19.1. The van der Waals surface area contributed by atoms with Crippen LogP contribution < -0.4 is 0 Å². The van der Waals surface area contributed by atoms with E-state index in [0.717, 1.165) is 176 Å². The summed E-state index contributed by atoms with van der Waals surface area (Å²) >= 11 is 0. The van der Waals surface area contributed by atoms with Crippen molar-refractivity contribution in [3.8, 4) is 0 Å². The standard InChI is InChI=1S/2C23H26FN3O2.C22H26N4O3.C21H23FN4O3.C17H18N2O2/c2*1-15(2)21-13-25-22(27(21)14-17-7-9-19(24)10-8-17)6-4-5-20-12-18(23(28)29)11-16(3)26-20;1-16-24-25-21(26(16)12-6-9-17-7-3-2-4-8-17)11-5-10-19-13-18(22(28)29)14-20(15-27)23-19;1-2-19-24-25-20(26(19)12-14-6-8-16(22)9-7-14)5-3-4-17-10-15(21(28)29)11-18(13-27)23-17;1-11-9-14(17(20)21)10-15(19-11)7-6-13-5-4-12-3-2-8-18-16(12)13/h2*7-13,15H,4-6,14H2,1-3H3,(H,28,29);2-4,7-8,13-14,27H,5-6,9-12,15H2,1H3,(H,28,29);6-11,27H,2-5,12-13H2,1H3,(H,28,29);2-3,8-10,13H,4-7H2,1H3,(H,20,21)/t;;;;13-/m....1/s1. The molecule has 7 N–H and O–H groups in total. The monoisotopic (exact) mass is 1860 g/mol. The fourth-order valence-corrected chi connectivity index (χ4v) is 16.6. The number of aromatic carboxylic acids is 5. The zero-order valence-electron chi connectivity index (χ0n) is 78.8. The third kappa shape index (κ3) is 31.0. The lowest BCUT2D eigenvalue weighted by atomic mass is 9.98. The van der Waals surface area contributed by atoms with Gasteiger partial charge in [0.25, 0.3) is 0 Å². The van der Waals surface area contributed by atoms with Crippen molar-refractivity contribution < 1.29 is 72.9 Å². The van der Waals surface area contributed by atoms with Crippen LogP contribution in [0, 0.1) is 45.1 Å². The zero-order chi connectivity index (χ0) is 98.2. The van der Waals surface area contributed by atoms with Crippen LogP contribution in [-0.2, 0) is 116 Å². The number of aliphatic hydroxyl groups is 2. The summed E-state index contributed by atoms with van der Waals surface area (Å²) in [6.45, 7) is 20.1. The molecule has 0 aliphatic heterocycles. The Morgan fingerprint density at radius 2 is 0.737 bits per heavy atom. The van der Waals surface area contributed by atoms with Crippen LogP contribution in [0.4, 0.5) is 13.2 Å². The van der Waals surface area contributed by atoms with Gasteiger partial charge in [-0.2, -0.15) is 0 Å². The lowest BCUT2D eigenvalue weighted by molar-refractivity contribution is 0.0685. The molecule has 15 rings (SSSR count). The molecule has 0 fully saturated rings. The third-order valence-corrected chi connectivity index (χ3v) is 23.4. The molecule has 0 radical (unpaired) electrons. The summed E-state index contributed by atoms with van der Waals surface area (Å²) in [7, 11) is 0. The van der Waals surface area contributed by atoms with Crippen molar-refractivity contribution in [3.05, 3.63) is 377 Å². The molecule has 716 valence electrons. The Balaban J connectivity index is 0.000000165. The Hall–Kier alpha value is -14.5. The number of carboxylic acid groups (broad SMARTS) is 5. The number of imidazole rings is 2. The number of benzene rings is 4. The lowest BCUT2D eigenvalue weighted by Gasteiger charge is -2.14. The first-order valence-electron chi connectivity index (χ1n) is 46.3. The highest BCUT2D eigenvalue weighted by Crippen LogP contribution is 2.35. The second kappa shape index (κ2) is 50.8. The fourth-order valence-electron chi connectivity index (χ4n) is 16.6. The molecule has 137 heavy (non-hydrogen) atoms. The van der Waals surface area contributed by atoms with Gasteiger partial charge in [0.1, 0.15) is 52.4 Å². The van der Waals surface area contributed by atoms with Crippen LogP contribution in [-0.4, -0.2) is 144 Å². The molecule has 1 aliphatic carbocycles. The Kier molecular flexibility index (Phi) is 38.2. The van der Waals surface area contributed by atoms with Crippen LogP contribution in [0.25, 0.3) is 0 Å². The Labute approximate surface area is 795 Å². The van der Waals surface area contributed by atoms with Gasteiger partial charge in [0.15, 0.2) is 0 Å². The summed E-state index contributed by atoms with van der Waals surface area (Å²) in [4.78, 5) is 91.8. The van der Waals surface area contributed by atoms with Gasteiger partial charge in [0.2, 0.25) is 0 Å². The van der Waals surface area contributed by atoms with Gasteiger partial charge < -0.3 is 54.0 Å². The first-order chi connectivity index (χ1) is 65.8. The van der Waals surface area contributed by atoms with Crippen molar-refractivity contribution >= 4 is 29.8 Å². The number of nitrogens with zero attached hydrogens (tertiary/aromatic N) is 16. The summed E-state index contributed by atoms with van der Waals surface area (Å²) in [5.74, 6) is 1.02. The van der Waals surface area contributed by atoms with E-state index < -0.39 is 29.8 Å². The maximum absolute atomic E-state index is 13.2. The van der Waals surface area contributed by atoms with Gasteiger partial charge >= 0.3 is 29.8 Å². The third-order valence-electron chi connectivity index (χ3n) is 23.4. The molecule has 0 unspecified atom stereocenters. The molecule has 4 aromatic carbocycles. The first kappa shape index (κ1) is 103. The number of aromatic nitrogens is 16. The van der Waals surface area contributed by atoms with Crippen LogP contribution in [0.1, 0.15) is 286 Å². The van der Waals surface area contributed by atoms with Gasteiger partial charge in [0.05, 0.1) is 59.0 Å². The molecule has 0 bridgehead atoms. The predicted octanol–water partition coefficient (Wildman–Crippen LogP) is 18.5. The van der Waals surface area contributed by atoms with Crippen LogP contribution >= 0.6 is 0 Å². The average molecular weight is 1870 g/mol. The van der Waals surface area contributed by atoms with E-state index in [4.69, 9.17) is 5.11 Å². The highest BCUT2D eigenvalue weighted by Gasteiger charge is 2.25. The van der Waals surface area contributed by atoms with Crippen molar-refractivity contribution in [1.82, 2.24) is 78.5 Å². The van der Waals surface area contributed by atoms with Crippen LogP contribution in [0.3, 0.4) is 0 Å². The Morgan fingerprint density at radius 1 is 0.372 bits per heavy atom. The number of halogens is 3. The van der Waals surface area contributed by atoms with E-state index in [2.05, 4.69) is 132 Å². The topological polar surface area (TPSA) is 401 Å². The van der Waals surface area contributed by atoms with Gasteiger partial charge in [-0.3, -0.25) is 29.9 Å². The minimum absolute atomic E-state index is 0.117. The van der Waals surface area contributed by atoms with Gasteiger partial charge in [-0.05, 0) is 260 Å². The van der Waals surface area contributed by atoms with E-state index in [1.807, 2.05) is 56.1 Å². The van der Waals surface area contributed by atoms with Crippen molar-refractivity contribution in [2.45, 2.75) is 241 Å². The number of pyridine rings is 6. The number of carbonyl (C=O) groups is 5. The van der Waals surface area contributed by atoms with Crippen LogP contribution in [0.15, 0.2) is 195 Å². The molecule has 0 amide bonds. The Bertz CT molecular complexity index is 6220. The Morgan fingerprint density at radius 3 is 1.14 bits per heavy atom. The summed E-state index contributed by atoms with van der Waals surface area (Å²) in [5, 5.41) is 81.6. The minimum atomic E-state index is -1.05. The predicted molar refractivity (Wildman–Crippen MR) is 512 cm³/mol. The number of carboxylic acids is 5. The van der Waals surface area contributed by atoms with Crippen molar-refractivity contribution in [1.29, 1.82) is 0 Å². The van der Waals surface area contributed by atoms with Crippen LogP contribution in [0.5, 0.6) is 0 Å². The summed E-state index contributed by atoms with van der Waals surface area (Å²) < 4.78 is 48.2. The number of hydrogen-bond acceptors (Lipinski definition) is 19. The van der Waals surface area contributed by atoms with Gasteiger partial charge in [0, 0.05) is 139 Å². The van der Waals surface area contributed by atoms with E-state index in [1.165, 1.54) is 71.4 Å². The molecule has 1 aliphatic rings. The second-order valence-electron chi connectivity index (χ2n) is 34.7. The largest absolute Gasteiger partial charge is 0.478 e. The van der Waals surface area contributed by atoms with Gasteiger partial charge in [-0.15, -0.1) is 20.4 Å². The van der Waals surface area contributed by atoms with Crippen molar-refractivity contribution in [3.63, 3.8) is 0 Å². The van der Waals surface area contributed by atoms with E-state index >= 15 is 0 Å². The molecular formula is C106H119F3N16O12. The smallest absolute Gasteiger partial charge is 0.335 e. The number of fused-ring (bicyclic) bond motifs is 1. The fraction of sp³-hybridized carbons (Fsp3) is 0.349. The molecule has 14 aromatic rings. The lowest BCUT2D eigenvalue weighted by Crippen LogP contribution is -2.10. The van der Waals surface area contributed by atoms with E-state index in [9.17, 15) is 67.8 Å². The summed E-state index contributed by atoms with van der Waals surface area (Å²) in [6.07, 6.45) is 20.9. The van der Waals surface area contributed by atoms with Crippen molar-refractivity contribution in [2.24, 2.45) is 0 Å². The SMILES string of the molecule is CCc1nnc(CCCc2cc(C(=O)O)cc(CO)n2)n1Cc1ccc(F)cc1.Cc1cc(C(=O)O)cc(CCCc2ncc(C(C)C)n2Cc2ccc(F)cc2)n1.Cc1cc(C(=O)O)cc(CCCc2ncc(C(C)C)n2Cc2ccc(F)cc2)n1.Cc1cc(C(=O)O)cc(CC[C@H]2CCc3cccnc32)n1.Cc1nnc(CCCc2cc(C(=O)O)cc(CO)n2)n1CCCc1ccccc1. The van der Waals surface area contributed by atoms with Crippen LogP contribution in [0.2, 0.25) is 0 Å². The first-order valence-corrected chi connectivity index (χ1v) is 46.3. The maximum Gasteiger partial charge on any atom is 0.335 e. The molecular weight excluding hydrogens is 1750 g/mol. The van der Waals surface area contributed by atoms with Crippen molar-refractivity contribution in [2.75, 3.05) is 0 Å². The molecule has 0 saturated heterocycles. The van der Waals surface area contributed by atoms with E-state index in [0.29, 0.717) is 116 Å². The normalized spacial score (nSPS) is 12.0. The number of aliphatic hydroxyl groups excluding tert-OH is 2. The molecule has 31 heteroatoms. The highest BCUT2D eigenvalue weighted by molar-refractivity contribution is 5.90. The number of hydrogen-bond donors (Lipinski definition) is 7. The van der Waals surface area contributed by atoms with Gasteiger partial charge in [-0.25, -0.2) is 47.1 Å². The molecule has 0 spiro atoms. The number of aryl methyl sites for hydroxylation is 16. The second-order valence-corrected chi connectivity index (χ2v) is 34.7. The molecule has 10 aromatic heterocycles.